The average Bonchev–Trinajstić information content (AvgIpc) is 2.84. The maximum absolute atomic E-state index is 10.9. The Morgan fingerprint density at radius 2 is 2.25 bits per heavy atom. The Balaban J connectivity index is 2.20. The van der Waals surface area contributed by atoms with Gasteiger partial charge in [-0.2, -0.15) is 0 Å². The van der Waals surface area contributed by atoms with Crippen molar-refractivity contribution < 1.29 is 9.90 Å². The quantitative estimate of drug-likeness (QED) is 0.779. The molecule has 0 spiro atoms. The molecular weight excluding hydrogens is 210 g/mol. The first-order valence-corrected chi connectivity index (χ1v) is 5.39. The number of hydrogen-bond donors (Lipinski definition) is 1. The maximum atomic E-state index is 10.9. The molecule has 0 saturated heterocycles. The fraction of sp³-hybridized carbons (Fsp3) is 0.778. The number of carbonyl (C=O) groups is 1. The number of hydrogen-bond acceptors (Lipinski definition) is 5. The molecule has 0 aliphatic heterocycles. The van der Waals surface area contributed by atoms with Gasteiger partial charge < -0.3 is 10.0 Å². The van der Waals surface area contributed by atoms with Gasteiger partial charge in [0.1, 0.15) is 6.54 Å². The number of carboxylic acids is 1. The Morgan fingerprint density at radius 1 is 1.56 bits per heavy atom. The van der Waals surface area contributed by atoms with E-state index in [1.807, 2.05) is 0 Å². The Labute approximate surface area is 93.0 Å². The summed E-state index contributed by atoms with van der Waals surface area (Å²) in [4.78, 5) is 12.6. The van der Waals surface area contributed by atoms with Gasteiger partial charge in [0.05, 0.1) is 0 Å². The molecule has 0 atom stereocenters. The summed E-state index contributed by atoms with van der Waals surface area (Å²) < 4.78 is 1.52. The van der Waals surface area contributed by atoms with Crippen LogP contribution in [0.2, 0.25) is 0 Å². The van der Waals surface area contributed by atoms with E-state index in [0.29, 0.717) is 5.95 Å². The number of anilines is 1. The van der Waals surface area contributed by atoms with Crippen molar-refractivity contribution in [3.8, 4) is 0 Å². The fourth-order valence-corrected chi connectivity index (χ4v) is 2.19. The van der Waals surface area contributed by atoms with Crippen LogP contribution in [0.25, 0.3) is 0 Å². The zero-order valence-corrected chi connectivity index (χ0v) is 9.20. The summed E-state index contributed by atoms with van der Waals surface area (Å²) in [6.45, 7) is -0.0428. The highest BCUT2D eigenvalue weighted by Gasteiger charge is 2.27. The van der Waals surface area contributed by atoms with Gasteiger partial charge in [-0.15, -0.1) is 0 Å². The van der Waals surface area contributed by atoms with E-state index in [1.165, 1.54) is 4.68 Å². The van der Waals surface area contributed by atoms with E-state index in [4.69, 9.17) is 5.11 Å². The molecule has 0 amide bonds. The van der Waals surface area contributed by atoms with Crippen LogP contribution in [0.4, 0.5) is 5.95 Å². The molecule has 1 saturated carbocycles. The molecule has 1 heterocycles. The van der Waals surface area contributed by atoms with Gasteiger partial charge in [-0.25, -0.2) is 4.68 Å². The number of nitrogens with zero attached hydrogens (tertiary/aromatic N) is 5. The first kappa shape index (κ1) is 10.8. The van der Waals surface area contributed by atoms with E-state index in [1.54, 1.807) is 11.9 Å². The largest absolute Gasteiger partial charge is 0.480 e. The number of tetrazole rings is 1. The molecule has 7 nitrogen and oxygen atoms in total. The van der Waals surface area contributed by atoms with Crippen LogP contribution in [0.3, 0.4) is 0 Å². The van der Waals surface area contributed by atoms with Crippen molar-refractivity contribution in [2.45, 2.75) is 31.7 Å². The summed E-state index contributed by atoms with van der Waals surface area (Å²) in [5, 5.41) is 20.1. The van der Waals surface area contributed by atoms with Crippen LogP contribution in [0, 0.1) is 0 Å². The van der Waals surface area contributed by atoms with Crippen LogP contribution >= 0.6 is 0 Å². The van der Waals surface area contributed by atoms with E-state index in [-0.39, 0.29) is 12.6 Å². The van der Waals surface area contributed by atoms with Gasteiger partial charge >= 0.3 is 5.97 Å². The molecule has 1 aromatic heterocycles. The molecule has 1 aliphatic carbocycles. The summed E-state index contributed by atoms with van der Waals surface area (Å²) in [6, 6.07) is 0.251. The zero-order chi connectivity index (χ0) is 11.5. The Bertz CT molecular complexity index is 372. The lowest BCUT2D eigenvalue weighted by Crippen LogP contribution is -2.39. The van der Waals surface area contributed by atoms with Crippen LogP contribution in [-0.2, 0) is 11.8 Å². The molecule has 2 rings (SSSR count). The third kappa shape index (κ3) is 2.12. The third-order valence-corrected chi connectivity index (χ3v) is 2.93. The number of aromatic nitrogens is 4. The van der Waals surface area contributed by atoms with Crippen molar-refractivity contribution in [2.24, 2.45) is 7.05 Å². The molecule has 88 valence electrons. The van der Waals surface area contributed by atoms with Gasteiger partial charge in [-0.05, 0) is 23.3 Å². The monoisotopic (exact) mass is 225 g/mol. The summed E-state index contributed by atoms with van der Waals surface area (Å²) in [7, 11) is 1.72. The van der Waals surface area contributed by atoms with Gasteiger partial charge in [0.15, 0.2) is 0 Å². The molecule has 1 fully saturated rings. The predicted molar refractivity (Wildman–Crippen MR) is 56.0 cm³/mol. The summed E-state index contributed by atoms with van der Waals surface area (Å²) in [6.07, 6.45) is 4.32. The third-order valence-electron chi connectivity index (χ3n) is 2.93. The summed E-state index contributed by atoms with van der Waals surface area (Å²) in [5.74, 6) is -0.316. The maximum Gasteiger partial charge on any atom is 0.323 e. The standard InChI is InChI=1S/C9H15N5O2/c1-13-9(10-11-12-13)14(6-8(15)16)7-4-2-3-5-7/h7H,2-6H2,1H3,(H,15,16). The smallest absolute Gasteiger partial charge is 0.323 e. The van der Waals surface area contributed by atoms with E-state index < -0.39 is 5.97 Å². The highest BCUT2D eigenvalue weighted by Crippen LogP contribution is 2.26. The molecule has 0 bridgehead atoms. The van der Waals surface area contributed by atoms with Crippen LogP contribution in [0.15, 0.2) is 0 Å². The lowest BCUT2D eigenvalue weighted by molar-refractivity contribution is -0.135. The minimum atomic E-state index is -0.852. The Kier molecular flexibility index (Phi) is 3.02. The van der Waals surface area contributed by atoms with Gasteiger partial charge in [0.25, 0.3) is 0 Å². The second-order valence-corrected chi connectivity index (χ2v) is 4.06. The lowest BCUT2D eigenvalue weighted by atomic mass is 10.2. The highest BCUT2D eigenvalue weighted by atomic mass is 16.4. The van der Waals surface area contributed by atoms with Crippen molar-refractivity contribution in [3.63, 3.8) is 0 Å². The van der Waals surface area contributed by atoms with Crippen LogP contribution in [-0.4, -0.2) is 43.9 Å². The van der Waals surface area contributed by atoms with Gasteiger partial charge in [-0.3, -0.25) is 4.79 Å². The fourth-order valence-electron chi connectivity index (χ4n) is 2.19. The summed E-state index contributed by atoms with van der Waals surface area (Å²) in [5.41, 5.74) is 0. The van der Waals surface area contributed by atoms with Crippen LogP contribution in [0.5, 0.6) is 0 Å². The van der Waals surface area contributed by atoms with Crippen molar-refractivity contribution >= 4 is 11.9 Å². The van der Waals surface area contributed by atoms with Crippen molar-refractivity contribution in [1.29, 1.82) is 0 Å². The normalized spacial score (nSPS) is 16.6. The Morgan fingerprint density at radius 3 is 2.75 bits per heavy atom. The van der Waals surface area contributed by atoms with Crippen LogP contribution in [0.1, 0.15) is 25.7 Å². The molecule has 7 heteroatoms. The number of aryl methyl sites for hydroxylation is 1. The second kappa shape index (κ2) is 4.46. The van der Waals surface area contributed by atoms with Crippen molar-refractivity contribution in [2.75, 3.05) is 11.4 Å². The minimum Gasteiger partial charge on any atom is -0.480 e. The zero-order valence-electron chi connectivity index (χ0n) is 9.20. The van der Waals surface area contributed by atoms with Gasteiger partial charge in [0, 0.05) is 13.1 Å². The second-order valence-electron chi connectivity index (χ2n) is 4.06. The van der Waals surface area contributed by atoms with E-state index in [0.717, 1.165) is 25.7 Å². The topological polar surface area (TPSA) is 84.1 Å². The lowest BCUT2D eigenvalue weighted by Gasteiger charge is -2.26. The highest BCUT2D eigenvalue weighted by molar-refractivity contribution is 5.72. The van der Waals surface area contributed by atoms with E-state index in [9.17, 15) is 4.79 Å². The molecule has 0 aromatic carbocycles. The molecule has 1 aliphatic rings. The number of rotatable bonds is 4. The van der Waals surface area contributed by atoms with Crippen LogP contribution < -0.4 is 4.90 Å². The van der Waals surface area contributed by atoms with Gasteiger partial charge in [0.2, 0.25) is 5.95 Å². The SMILES string of the molecule is Cn1nnnc1N(CC(=O)O)C1CCCC1. The van der Waals surface area contributed by atoms with Crippen molar-refractivity contribution in [1.82, 2.24) is 20.2 Å². The molecule has 1 aromatic rings. The molecule has 0 radical (unpaired) electrons. The predicted octanol–water partition coefficient (Wildman–Crippen LogP) is 0.0437. The van der Waals surface area contributed by atoms with E-state index >= 15 is 0 Å². The first-order valence-electron chi connectivity index (χ1n) is 5.39. The van der Waals surface area contributed by atoms with Crippen molar-refractivity contribution in [3.05, 3.63) is 0 Å². The average molecular weight is 225 g/mol. The Hall–Kier alpha value is -1.66. The molecular formula is C9H15N5O2. The number of carboxylic acid groups (broad SMARTS) is 1. The summed E-state index contributed by atoms with van der Waals surface area (Å²) >= 11 is 0. The molecule has 0 unspecified atom stereocenters. The van der Waals surface area contributed by atoms with E-state index in [2.05, 4.69) is 15.5 Å². The number of aliphatic carboxylic acids is 1. The molecule has 16 heavy (non-hydrogen) atoms. The molecule has 1 N–H and O–H groups in total. The van der Waals surface area contributed by atoms with Gasteiger partial charge in [-0.1, -0.05) is 17.9 Å². The first-order chi connectivity index (χ1) is 7.68. The minimum absolute atomic E-state index is 0.0428.